The average molecular weight is 108 g/mol. The Morgan fingerprint density at radius 3 is 2.75 bits per heavy atom. The normalized spacial score (nSPS) is 16.8. The van der Waals surface area contributed by atoms with Crippen LogP contribution in [-0.2, 0) is 0 Å². The SMILES string of the molecule is CC1=C=NC(C)=CN1. The highest BCUT2D eigenvalue weighted by Crippen LogP contribution is 1.95. The first-order chi connectivity index (χ1) is 3.79. The molecule has 0 amide bonds. The lowest BCUT2D eigenvalue weighted by Gasteiger charge is -1.99. The summed E-state index contributed by atoms with van der Waals surface area (Å²) in [5.41, 5.74) is 1.94. The standard InChI is InChI=1S/C6H8N2/c1-5-3-8-6(2)4-7-5/h3,8H,1-2H3. The molecule has 0 fully saturated rings. The predicted octanol–water partition coefficient (Wildman–Crippen LogP) is 1.02. The Labute approximate surface area is 48.6 Å². The fourth-order valence-corrected chi connectivity index (χ4v) is 0.449. The molecule has 42 valence electrons. The lowest BCUT2D eigenvalue weighted by atomic mass is 10.4. The van der Waals surface area contributed by atoms with Crippen molar-refractivity contribution in [3.05, 3.63) is 17.6 Å². The Balaban J connectivity index is 2.86. The zero-order valence-corrected chi connectivity index (χ0v) is 5.02. The summed E-state index contributed by atoms with van der Waals surface area (Å²) in [6.45, 7) is 3.85. The van der Waals surface area contributed by atoms with Gasteiger partial charge in [-0.3, -0.25) is 0 Å². The molecule has 0 aromatic rings. The van der Waals surface area contributed by atoms with Crippen LogP contribution in [0.5, 0.6) is 0 Å². The van der Waals surface area contributed by atoms with E-state index in [1.54, 1.807) is 0 Å². The van der Waals surface area contributed by atoms with E-state index in [0.29, 0.717) is 0 Å². The third-order valence-corrected chi connectivity index (χ3v) is 0.898. The van der Waals surface area contributed by atoms with E-state index < -0.39 is 0 Å². The smallest absolute Gasteiger partial charge is 0.0743 e. The van der Waals surface area contributed by atoms with Crippen molar-refractivity contribution in [1.29, 1.82) is 0 Å². The Kier molecular flexibility index (Phi) is 1.18. The number of rotatable bonds is 0. The number of hydrogen-bond acceptors (Lipinski definition) is 2. The van der Waals surface area contributed by atoms with Crippen LogP contribution in [0.1, 0.15) is 13.8 Å². The van der Waals surface area contributed by atoms with Crippen molar-refractivity contribution in [2.24, 2.45) is 4.99 Å². The van der Waals surface area contributed by atoms with Crippen molar-refractivity contribution >= 4 is 5.87 Å². The summed E-state index contributed by atoms with van der Waals surface area (Å²) in [4.78, 5) is 3.92. The summed E-state index contributed by atoms with van der Waals surface area (Å²) in [6, 6.07) is 0. The van der Waals surface area contributed by atoms with Crippen LogP contribution < -0.4 is 5.32 Å². The Bertz CT molecular complexity index is 183. The molecular weight excluding hydrogens is 100 g/mol. The zero-order chi connectivity index (χ0) is 5.98. The highest BCUT2D eigenvalue weighted by Gasteiger charge is 1.88. The molecule has 1 rings (SSSR count). The molecule has 0 aromatic heterocycles. The van der Waals surface area contributed by atoms with Gasteiger partial charge in [0.05, 0.1) is 11.4 Å². The number of hydrogen-bond donors (Lipinski definition) is 1. The van der Waals surface area contributed by atoms with Crippen LogP contribution in [0.15, 0.2) is 22.6 Å². The summed E-state index contributed by atoms with van der Waals surface area (Å²) < 4.78 is 0. The van der Waals surface area contributed by atoms with Crippen LogP contribution in [0.4, 0.5) is 0 Å². The van der Waals surface area contributed by atoms with Gasteiger partial charge in [0.25, 0.3) is 0 Å². The van der Waals surface area contributed by atoms with E-state index in [1.165, 1.54) is 0 Å². The highest BCUT2D eigenvalue weighted by molar-refractivity contribution is 5.59. The average Bonchev–Trinajstić information content (AvgIpc) is 1.77. The first-order valence-electron chi connectivity index (χ1n) is 2.52. The molecule has 0 atom stereocenters. The quantitative estimate of drug-likeness (QED) is 0.492. The fourth-order valence-electron chi connectivity index (χ4n) is 0.449. The molecule has 1 aliphatic heterocycles. The van der Waals surface area contributed by atoms with E-state index in [-0.39, 0.29) is 0 Å². The van der Waals surface area contributed by atoms with Crippen LogP contribution in [-0.4, -0.2) is 5.87 Å². The van der Waals surface area contributed by atoms with Crippen molar-refractivity contribution < 1.29 is 0 Å². The Morgan fingerprint density at radius 1 is 1.62 bits per heavy atom. The number of nitrogens with one attached hydrogen (secondary N) is 1. The first kappa shape index (κ1) is 5.13. The maximum Gasteiger partial charge on any atom is 0.0743 e. The van der Waals surface area contributed by atoms with Crippen molar-refractivity contribution in [2.45, 2.75) is 13.8 Å². The Hall–Kier alpha value is -1.01. The van der Waals surface area contributed by atoms with Gasteiger partial charge < -0.3 is 5.32 Å². The van der Waals surface area contributed by atoms with Crippen LogP contribution >= 0.6 is 0 Å². The molecule has 0 aromatic carbocycles. The summed E-state index contributed by atoms with van der Waals surface area (Å²) in [6.07, 6.45) is 1.85. The maximum absolute atomic E-state index is 3.92. The fraction of sp³-hybridized carbons (Fsp3) is 0.333. The summed E-state index contributed by atoms with van der Waals surface area (Å²) in [5.74, 6) is 2.79. The highest BCUT2D eigenvalue weighted by atomic mass is 14.9. The van der Waals surface area contributed by atoms with Gasteiger partial charge in [-0.15, -0.1) is 0 Å². The monoisotopic (exact) mass is 108 g/mol. The van der Waals surface area contributed by atoms with Gasteiger partial charge >= 0.3 is 0 Å². The van der Waals surface area contributed by atoms with Crippen LogP contribution in [0, 0.1) is 0 Å². The Morgan fingerprint density at radius 2 is 2.38 bits per heavy atom. The topological polar surface area (TPSA) is 24.4 Å². The van der Waals surface area contributed by atoms with Gasteiger partial charge in [-0.2, -0.15) is 0 Å². The molecule has 0 aliphatic carbocycles. The van der Waals surface area contributed by atoms with Crippen LogP contribution in [0.25, 0.3) is 0 Å². The molecular formula is C6H8N2. The summed E-state index contributed by atoms with van der Waals surface area (Å²) in [7, 11) is 0. The molecule has 0 unspecified atom stereocenters. The molecule has 1 N–H and O–H groups in total. The molecule has 8 heavy (non-hydrogen) atoms. The molecule has 0 saturated heterocycles. The second-order valence-corrected chi connectivity index (χ2v) is 1.78. The van der Waals surface area contributed by atoms with Crippen molar-refractivity contribution in [2.75, 3.05) is 0 Å². The van der Waals surface area contributed by atoms with E-state index in [4.69, 9.17) is 0 Å². The molecule has 2 nitrogen and oxygen atoms in total. The van der Waals surface area contributed by atoms with Gasteiger partial charge in [-0.05, 0) is 13.8 Å². The minimum atomic E-state index is 0.968. The molecule has 0 spiro atoms. The van der Waals surface area contributed by atoms with Gasteiger partial charge in [0, 0.05) is 12.1 Å². The van der Waals surface area contributed by atoms with E-state index in [1.807, 2.05) is 20.0 Å². The molecule has 0 bridgehead atoms. The van der Waals surface area contributed by atoms with Gasteiger partial charge in [-0.1, -0.05) is 0 Å². The number of aliphatic imine (C=N–C) groups is 1. The first-order valence-corrected chi connectivity index (χ1v) is 2.52. The molecule has 1 aliphatic rings. The zero-order valence-electron chi connectivity index (χ0n) is 5.02. The van der Waals surface area contributed by atoms with Gasteiger partial charge in [-0.25, -0.2) is 4.99 Å². The summed E-state index contributed by atoms with van der Waals surface area (Å²) in [5, 5.41) is 2.98. The summed E-state index contributed by atoms with van der Waals surface area (Å²) >= 11 is 0. The van der Waals surface area contributed by atoms with Crippen molar-refractivity contribution in [1.82, 2.24) is 5.32 Å². The minimum Gasteiger partial charge on any atom is -0.356 e. The maximum atomic E-state index is 3.92. The van der Waals surface area contributed by atoms with Gasteiger partial charge in [0.15, 0.2) is 0 Å². The number of nitrogens with zero attached hydrogens (tertiary/aromatic N) is 1. The number of allylic oxidation sites excluding steroid dienone is 2. The second-order valence-electron chi connectivity index (χ2n) is 1.78. The van der Waals surface area contributed by atoms with E-state index in [2.05, 4.69) is 16.2 Å². The van der Waals surface area contributed by atoms with E-state index in [9.17, 15) is 0 Å². The second kappa shape index (κ2) is 1.85. The van der Waals surface area contributed by atoms with E-state index in [0.717, 1.165) is 11.4 Å². The largest absolute Gasteiger partial charge is 0.356 e. The third kappa shape index (κ3) is 0.983. The lowest BCUT2D eigenvalue weighted by molar-refractivity contribution is 1.03. The van der Waals surface area contributed by atoms with Crippen LogP contribution in [0.2, 0.25) is 0 Å². The van der Waals surface area contributed by atoms with E-state index >= 15 is 0 Å². The van der Waals surface area contributed by atoms with Crippen molar-refractivity contribution in [3.63, 3.8) is 0 Å². The lowest BCUT2D eigenvalue weighted by Crippen LogP contribution is -2.05. The van der Waals surface area contributed by atoms with Gasteiger partial charge in [0.1, 0.15) is 0 Å². The van der Waals surface area contributed by atoms with Gasteiger partial charge in [0.2, 0.25) is 0 Å². The molecule has 2 heteroatoms. The molecule has 0 radical (unpaired) electrons. The molecule has 1 heterocycles. The van der Waals surface area contributed by atoms with Crippen LogP contribution in [0.3, 0.4) is 0 Å². The third-order valence-electron chi connectivity index (χ3n) is 0.898. The minimum absolute atomic E-state index is 0.968. The molecule has 0 saturated carbocycles. The van der Waals surface area contributed by atoms with Crippen molar-refractivity contribution in [3.8, 4) is 0 Å². The predicted molar refractivity (Wildman–Crippen MR) is 33.5 cm³/mol.